The van der Waals surface area contributed by atoms with E-state index in [0.717, 1.165) is 5.75 Å². The molecule has 0 spiro atoms. The Bertz CT molecular complexity index is 347. The maximum absolute atomic E-state index is 6.10. The van der Waals surface area contributed by atoms with Crippen molar-refractivity contribution >= 4 is 0 Å². The molecule has 2 heteroatoms. The Morgan fingerprint density at radius 3 is 2.72 bits per heavy atom. The number of rotatable bonds is 6. The summed E-state index contributed by atoms with van der Waals surface area (Å²) in [7, 11) is 0. The molecule has 1 heterocycles. The van der Waals surface area contributed by atoms with Gasteiger partial charge in [-0.3, -0.25) is 4.90 Å². The zero-order chi connectivity index (χ0) is 12.8. The van der Waals surface area contributed by atoms with E-state index in [0.29, 0.717) is 6.23 Å². The van der Waals surface area contributed by atoms with Crippen molar-refractivity contribution in [1.29, 1.82) is 0 Å². The Morgan fingerprint density at radius 1 is 1.22 bits per heavy atom. The van der Waals surface area contributed by atoms with Crippen molar-refractivity contribution in [3.8, 4) is 5.75 Å². The van der Waals surface area contributed by atoms with Gasteiger partial charge < -0.3 is 4.74 Å². The van der Waals surface area contributed by atoms with Crippen LogP contribution in [-0.4, -0.2) is 24.2 Å². The van der Waals surface area contributed by atoms with Gasteiger partial charge in [0.15, 0.2) is 6.23 Å². The van der Waals surface area contributed by atoms with E-state index in [1.165, 1.54) is 50.8 Å². The Balaban J connectivity index is 1.85. The van der Waals surface area contributed by atoms with Gasteiger partial charge in [-0.15, -0.1) is 0 Å². The quantitative estimate of drug-likeness (QED) is 0.705. The minimum absolute atomic E-state index is 0.296. The number of nitrogens with zero attached hydrogens (tertiary/aromatic N) is 1. The van der Waals surface area contributed by atoms with Gasteiger partial charge in [0.25, 0.3) is 0 Å². The molecule has 1 unspecified atom stereocenters. The summed E-state index contributed by atoms with van der Waals surface area (Å²) in [6.07, 6.45) is 6.64. The lowest BCUT2D eigenvalue weighted by Crippen LogP contribution is -2.34. The van der Waals surface area contributed by atoms with Crippen LogP contribution in [0.3, 0.4) is 0 Å². The summed E-state index contributed by atoms with van der Waals surface area (Å²) in [5, 5.41) is 0. The molecule has 0 bridgehead atoms. The summed E-state index contributed by atoms with van der Waals surface area (Å²) in [4.78, 5) is 2.50. The van der Waals surface area contributed by atoms with Crippen molar-refractivity contribution in [3.05, 3.63) is 29.8 Å². The highest BCUT2D eigenvalue weighted by molar-refractivity contribution is 5.26. The number of ether oxygens (including phenoxy) is 1. The molecule has 100 valence electrons. The zero-order valence-electron chi connectivity index (χ0n) is 11.7. The molecule has 0 aromatic heterocycles. The Labute approximate surface area is 111 Å². The summed E-state index contributed by atoms with van der Waals surface area (Å²) < 4.78 is 6.10. The first-order valence-electron chi connectivity index (χ1n) is 7.27. The third kappa shape index (κ3) is 3.74. The molecule has 0 saturated carbocycles. The third-order valence-electron chi connectivity index (χ3n) is 3.65. The van der Waals surface area contributed by atoms with Crippen molar-refractivity contribution in [2.75, 3.05) is 13.1 Å². The van der Waals surface area contributed by atoms with Gasteiger partial charge in [-0.25, -0.2) is 0 Å². The molecule has 1 aromatic rings. The van der Waals surface area contributed by atoms with Gasteiger partial charge in [0.1, 0.15) is 5.75 Å². The van der Waals surface area contributed by atoms with Crippen LogP contribution in [0, 0.1) is 6.92 Å². The van der Waals surface area contributed by atoms with E-state index in [9.17, 15) is 0 Å². The number of unbranched alkanes of at least 4 members (excludes halogenated alkanes) is 2. The highest BCUT2D eigenvalue weighted by Gasteiger charge is 2.25. The van der Waals surface area contributed by atoms with Crippen molar-refractivity contribution < 1.29 is 4.74 Å². The lowest BCUT2D eigenvalue weighted by Gasteiger charge is -2.25. The van der Waals surface area contributed by atoms with Crippen LogP contribution in [0.1, 0.15) is 44.6 Å². The highest BCUT2D eigenvalue weighted by atomic mass is 16.5. The summed E-state index contributed by atoms with van der Waals surface area (Å²) in [5.74, 6) is 1.01. The molecule has 1 aromatic carbocycles. The van der Waals surface area contributed by atoms with Gasteiger partial charge in [0.05, 0.1) is 0 Å². The Morgan fingerprint density at radius 2 is 2.00 bits per heavy atom. The van der Waals surface area contributed by atoms with Crippen LogP contribution in [0.5, 0.6) is 5.75 Å². The lowest BCUT2D eigenvalue weighted by atomic mass is 10.2. The maximum atomic E-state index is 6.10. The van der Waals surface area contributed by atoms with Crippen LogP contribution in [0.4, 0.5) is 0 Å². The van der Waals surface area contributed by atoms with E-state index in [4.69, 9.17) is 4.74 Å². The number of benzene rings is 1. The molecular weight excluding hydrogens is 222 g/mol. The first kappa shape index (κ1) is 13.4. The molecule has 1 aliphatic heterocycles. The second-order valence-electron chi connectivity index (χ2n) is 5.27. The number of hydrogen-bond acceptors (Lipinski definition) is 2. The van der Waals surface area contributed by atoms with Gasteiger partial charge in [0, 0.05) is 13.1 Å². The second-order valence-corrected chi connectivity index (χ2v) is 5.27. The normalized spacial score (nSPS) is 20.2. The van der Waals surface area contributed by atoms with Crippen molar-refractivity contribution in [2.45, 2.75) is 52.2 Å². The molecule has 0 amide bonds. The second kappa shape index (κ2) is 6.79. The summed E-state index contributed by atoms with van der Waals surface area (Å²) in [6, 6.07) is 8.40. The third-order valence-corrected chi connectivity index (χ3v) is 3.65. The minimum Gasteiger partial charge on any atom is -0.475 e. The molecular formula is C16H25NO. The summed E-state index contributed by atoms with van der Waals surface area (Å²) in [5.41, 5.74) is 1.29. The SMILES string of the molecule is CCCCCN1CCCC1Oc1ccc(C)cc1. The molecule has 1 atom stereocenters. The molecule has 0 N–H and O–H groups in total. The van der Waals surface area contributed by atoms with Gasteiger partial charge in [-0.1, -0.05) is 37.5 Å². The molecule has 18 heavy (non-hydrogen) atoms. The number of hydrogen-bond donors (Lipinski definition) is 0. The minimum atomic E-state index is 0.296. The van der Waals surface area contributed by atoms with Crippen molar-refractivity contribution in [1.82, 2.24) is 4.90 Å². The monoisotopic (exact) mass is 247 g/mol. The van der Waals surface area contributed by atoms with E-state index in [2.05, 4.69) is 43.0 Å². The smallest absolute Gasteiger partial charge is 0.152 e. The van der Waals surface area contributed by atoms with Crippen molar-refractivity contribution in [2.24, 2.45) is 0 Å². The fourth-order valence-electron chi connectivity index (χ4n) is 2.52. The van der Waals surface area contributed by atoms with Crippen LogP contribution in [0.2, 0.25) is 0 Å². The largest absolute Gasteiger partial charge is 0.475 e. The van der Waals surface area contributed by atoms with E-state index in [-0.39, 0.29) is 0 Å². The van der Waals surface area contributed by atoms with Crippen LogP contribution >= 0.6 is 0 Å². The highest BCUT2D eigenvalue weighted by Crippen LogP contribution is 2.22. The molecule has 0 aliphatic carbocycles. The fourth-order valence-corrected chi connectivity index (χ4v) is 2.52. The standard InChI is InChI=1S/C16H25NO/c1-3-4-5-12-17-13-6-7-16(17)18-15-10-8-14(2)9-11-15/h8-11,16H,3-7,12-13H2,1-2H3. The molecule has 2 nitrogen and oxygen atoms in total. The first-order chi connectivity index (χ1) is 8.79. The van der Waals surface area contributed by atoms with E-state index in [1.807, 2.05) is 0 Å². The molecule has 1 aliphatic rings. The van der Waals surface area contributed by atoms with Gasteiger partial charge >= 0.3 is 0 Å². The van der Waals surface area contributed by atoms with E-state index < -0.39 is 0 Å². The fraction of sp³-hybridized carbons (Fsp3) is 0.625. The average molecular weight is 247 g/mol. The van der Waals surface area contributed by atoms with E-state index in [1.54, 1.807) is 0 Å². The predicted octanol–water partition coefficient (Wildman–Crippen LogP) is 3.99. The summed E-state index contributed by atoms with van der Waals surface area (Å²) >= 11 is 0. The number of likely N-dealkylation sites (tertiary alicyclic amines) is 1. The van der Waals surface area contributed by atoms with Crippen LogP contribution in [-0.2, 0) is 0 Å². The first-order valence-corrected chi connectivity index (χ1v) is 7.27. The van der Waals surface area contributed by atoms with Gasteiger partial charge in [-0.05, 0) is 38.3 Å². The van der Waals surface area contributed by atoms with Gasteiger partial charge in [0.2, 0.25) is 0 Å². The summed E-state index contributed by atoms with van der Waals surface area (Å²) in [6.45, 7) is 6.74. The van der Waals surface area contributed by atoms with E-state index >= 15 is 0 Å². The molecule has 0 radical (unpaired) electrons. The molecule has 1 saturated heterocycles. The predicted molar refractivity (Wildman–Crippen MR) is 75.9 cm³/mol. The molecule has 1 fully saturated rings. The Kier molecular flexibility index (Phi) is 5.06. The van der Waals surface area contributed by atoms with Gasteiger partial charge in [-0.2, -0.15) is 0 Å². The molecule has 2 rings (SSSR count). The average Bonchev–Trinajstić information content (AvgIpc) is 2.80. The van der Waals surface area contributed by atoms with Crippen LogP contribution < -0.4 is 4.74 Å². The lowest BCUT2D eigenvalue weighted by molar-refractivity contribution is 0.0595. The topological polar surface area (TPSA) is 12.5 Å². The van der Waals surface area contributed by atoms with Crippen LogP contribution in [0.15, 0.2) is 24.3 Å². The maximum Gasteiger partial charge on any atom is 0.152 e. The Hall–Kier alpha value is -1.02. The van der Waals surface area contributed by atoms with Crippen molar-refractivity contribution in [3.63, 3.8) is 0 Å². The number of aryl methyl sites for hydroxylation is 1. The zero-order valence-corrected chi connectivity index (χ0v) is 11.7. The van der Waals surface area contributed by atoms with Crippen LogP contribution in [0.25, 0.3) is 0 Å².